The molecule has 0 amide bonds. The smallest absolute Gasteiger partial charge is 0.162 e. The van der Waals surface area contributed by atoms with Crippen molar-refractivity contribution in [2.24, 2.45) is 0 Å². The lowest BCUT2D eigenvalue weighted by atomic mass is 9.92. The van der Waals surface area contributed by atoms with Crippen molar-refractivity contribution < 1.29 is 4.79 Å². The molecule has 1 heterocycles. The van der Waals surface area contributed by atoms with Crippen LogP contribution in [-0.4, -0.2) is 15.8 Å². The van der Waals surface area contributed by atoms with E-state index in [1.807, 2.05) is 25.3 Å². The Kier molecular flexibility index (Phi) is 5.10. The van der Waals surface area contributed by atoms with E-state index in [0.29, 0.717) is 6.42 Å². The molecule has 1 N–H and O–H groups in total. The van der Waals surface area contributed by atoms with E-state index in [9.17, 15) is 4.79 Å². The number of rotatable bonds is 7. The van der Waals surface area contributed by atoms with Gasteiger partial charge in [-0.15, -0.1) is 0 Å². The minimum absolute atomic E-state index is 0.226. The Morgan fingerprint density at radius 1 is 1.20 bits per heavy atom. The Bertz CT molecular complexity index is 529. The second-order valence-electron chi connectivity index (χ2n) is 5.11. The lowest BCUT2D eigenvalue weighted by Crippen LogP contribution is -2.04. The minimum atomic E-state index is 0.226. The molecule has 0 saturated carbocycles. The maximum atomic E-state index is 11.9. The quantitative estimate of drug-likeness (QED) is 0.761. The van der Waals surface area contributed by atoms with Crippen molar-refractivity contribution in [2.45, 2.75) is 45.4 Å². The van der Waals surface area contributed by atoms with Gasteiger partial charge in [-0.2, -0.15) is 0 Å². The largest absolute Gasteiger partial charge is 0.348 e. The maximum Gasteiger partial charge on any atom is 0.162 e. The number of H-pyrrole nitrogens is 1. The summed E-state index contributed by atoms with van der Waals surface area (Å²) in [7, 11) is 0. The van der Waals surface area contributed by atoms with Crippen molar-refractivity contribution in [3.63, 3.8) is 0 Å². The standard InChI is InChI=1S/C17H22N2O/c1-3-5-15(17-18-11-12-19-17)13-7-9-14(10-8-13)16(20)6-4-2/h7-12,15H,3-6H2,1-2H3,(H,18,19). The number of benzene rings is 1. The molecule has 0 bridgehead atoms. The second kappa shape index (κ2) is 7.04. The van der Waals surface area contributed by atoms with E-state index >= 15 is 0 Å². The van der Waals surface area contributed by atoms with E-state index in [4.69, 9.17) is 0 Å². The second-order valence-corrected chi connectivity index (χ2v) is 5.11. The van der Waals surface area contributed by atoms with Crippen molar-refractivity contribution >= 4 is 5.78 Å². The fourth-order valence-electron chi connectivity index (χ4n) is 2.49. The summed E-state index contributed by atoms with van der Waals surface area (Å²) in [6, 6.07) is 8.01. The monoisotopic (exact) mass is 270 g/mol. The van der Waals surface area contributed by atoms with Crippen molar-refractivity contribution in [1.29, 1.82) is 0 Å². The maximum absolute atomic E-state index is 11.9. The molecular weight excluding hydrogens is 248 g/mol. The molecule has 0 aliphatic heterocycles. The molecule has 0 spiro atoms. The van der Waals surface area contributed by atoms with Crippen LogP contribution in [0, 0.1) is 0 Å². The zero-order chi connectivity index (χ0) is 14.4. The topological polar surface area (TPSA) is 45.8 Å². The molecule has 1 aromatic carbocycles. The zero-order valence-electron chi connectivity index (χ0n) is 12.2. The predicted octanol–water partition coefficient (Wildman–Crippen LogP) is 4.32. The number of hydrogen-bond acceptors (Lipinski definition) is 2. The van der Waals surface area contributed by atoms with E-state index < -0.39 is 0 Å². The van der Waals surface area contributed by atoms with Crippen LogP contribution in [0.5, 0.6) is 0 Å². The van der Waals surface area contributed by atoms with Crippen molar-refractivity contribution in [1.82, 2.24) is 9.97 Å². The molecule has 0 aliphatic carbocycles. The number of aromatic amines is 1. The van der Waals surface area contributed by atoms with Crippen molar-refractivity contribution in [3.8, 4) is 0 Å². The fourth-order valence-corrected chi connectivity index (χ4v) is 2.49. The molecule has 0 aliphatic rings. The molecule has 1 unspecified atom stereocenters. The fraction of sp³-hybridized carbons (Fsp3) is 0.412. The summed E-state index contributed by atoms with van der Waals surface area (Å²) in [6.45, 7) is 4.20. The summed E-state index contributed by atoms with van der Waals surface area (Å²) in [6.07, 6.45) is 7.31. The summed E-state index contributed by atoms with van der Waals surface area (Å²) < 4.78 is 0. The molecule has 3 nitrogen and oxygen atoms in total. The number of hydrogen-bond donors (Lipinski definition) is 1. The van der Waals surface area contributed by atoms with Gasteiger partial charge in [-0.05, 0) is 18.4 Å². The minimum Gasteiger partial charge on any atom is -0.348 e. The van der Waals surface area contributed by atoms with Gasteiger partial charge in [0.1, 0.15) is 5.82 Å². The van der Waals surface area contributed by atoms with Gasteiger partial charge in [0, 0.05) is 30.3 Å². The van der Waals surface area contributed by atoms with Gasteiger partial charge in [0.2, 0.25) is 0 Å². The van der Waals surface area contributed by atoms with Crippen molar-refractivity contribution in [2.75, 3.05) is 0 Å². The first-order valence-electron chi connectivity index (χ1n) is 7.38. The normalized spacial score (nSPS) is 12.3. The number of carbonyl (C=O) groups is 1. The van der Waals surface area contributed by atoms with Crippen LogP contribution in [0.1, 0.15) is 67.2 Å². The molecule has 20 heavy (non-hydrogen) atoms. The van der Waals surface area contributed by atoms with Gasteiger partial charge in [-0.25, -0.2) is 4.98 Å². The Morgan fingerprint density at radius 3 is 2.50 bits per heavy atom. The molecule has 1 aromatic heterocycles. The molecule has 0 radical (unpaired) electrons. The average Bonchev–Trinajstić information content (AvgIpc) is 2.99. The van der Waals surface area contributed by atoms with Gasteiger partial charge in [-0.1, -0.05) is 44.5 Å². The van der Waals surface area contributed by atoms with Gasteiger partial charge < -0.3 is 4.98 Å². The van der Waals surface area contributed by atoms with Crippen LogP contribution in [0.4, 0.5) is 0 Å². The number of nitrogens with zero attached hydrogens (tertiary/aromatic N) is 1. The summed E-state index contributed by atoms with van der Waals surface area (Å²) in [5, 5.41) is 0. The van der Waals surface area contributed by atoms with Gasteiger partial charge in [-0.3, -0.25) is 4.79 Å². The van der Waals surface area contributed by atoms with E-state index in [2.05, 4.69) is 29.0 Å². The summed E-state index contributed by atoms with van der Waals surface area (Å²) in [5.74, 6) is 1.51. The van der Waals surface area contributed by atoms with Crippen LogP contribution in [-0.2, 0) is 0 Å². The molecule has 1 atom stereocenters. The highest BCUT2D eigenvalue weighted by molar-refractivity contribution is 5.96. The molecule has 0 saturated heterocycles. The van der Waals surface area contributed by atoms with Gasteiger partial charge in [0.15, 0.2) is 5.78 Å². The summed E-state index contributed by atoms with van der Waals surface area (Å²) in [4.78, 5) is 19.4. The molecule has 2 rings (SSSR count). The third-order valence-electron chi connectivity index (χ3n) is 3.54. The summed E-state index contributed by atoms with van der Waals surface area (Å²) in [5.41, 5.74) is 2.03. The van der Waals surface area contributed by atoms with Crippen molar-refractivity contribution in [3.05, 3.63) is 53.6 Å². The summed E-state index contributed by atoms with van der Waals surface area (Å²) >= 11 is 0. The molecule has 3 heteroatoms. The molecular formula is C17H22N2O. The SMILES string of the molecule is CCCC(=O)c1ccc(C(CCC)c2ncc[nH]2)cc1. The Balaban J connectivity index is 2.20. The van der Waals surface area contributed by atoms with Gasteiger partial charge >= 0.3 is 0 Å². The number of ketones is 1. The van der Waals surface area contributed by atoms with Gasteiger partial charge in [0.25, 0.3) is 0 Å². The van der Waals surface area contributed by atoms with Crippen LogP contribution in [0.2, 0.25) is 0 Å². The first-order valence-corrected chi connectivity index (χ1v) is 7.38. The van der Waals surface area contributed by atoms with Gasteiger partial charge in [0.05, 0.1) is 0 Å². The Labute approximate surface area is 120 Å². The van der Waals surface area contributed by atoms with E-state index in [1.54, 1.807) is 6.20 Å². The molecule has 2 aromatic rings. The molecule has 0 fully saturated rings. The first-order chi connectivity index (χ1) is 9.76. The third kappa shape index (κ3) is 3.35. The number of nitrogens with one attached hydrogen (secondary N) is 1. The van der Waals surface area contributed by atoms with E-state index in [-0.39, 0.29) is 11.7 Å². The number of aromatic nitrogens is 2. The number of Topliss-reactive ketones (excluding diaryl/α,β-unsaturated/α-hetero) is 1. The van der Waals surface area contributed by atoms with Crippen LogP contribution in [0.3, 0.4) is 0 Å². The van der Waals surface area contributed by atoms with Crippen LogP contribution < -0.4 is 0 Å². The van der Waals surface area contributed by atoms with E-state index in [0.717, 1.165) is 30.7 Å². The average molecular weight is 270 g/mol. The zero-order valence-corrected chi connectivity index (χ0v) is 12.2. The highest BCUT2D eigenvalue weighted by Gasteiger charge is 2.16. The highest BCUT2D eigenvalue weighted by Crippen LogP contribution is 2.27. The first kappa shape index (κ1) is 14.5. The Morgan fingerprint density at radius 2 is 1.95 bits per heavy atom. The lowest BCUT2D eigenvalue weighted by molar-refractivity contribution is 0.0981. The highest BCUT2D eigenvalue weighted by atomic mass is 16.1. The lowest BCUT2D eigenvalue weighted by Gasteiger charge is -2.14. The third-order valence-corrected chi connectivity index (χ3v) is 3.54. The Hall–Kier alpha value is -1.90. The predicted molar refractivity (Wildman–Crippen MR) is 81.0 cm³/mol. The molecule has 106 valence electrons. The number of carbonyl (C=O) groups excluding carboxylic acids is 1. The van der Waals surface area contributed by atoms with Crippen LogP contribution in [0.25, 0.3) is 0 Å². The van der Waals surface area contributed by atoms with Crippen LogP contribution >= 0.6 is 0 Å². The van der Waals surface area contributed by atoms with E-state index in [1.165, 1.54) is 5.56 Å². The van der Waals surface area contributed by atoms with Crippen LogP contribution in [0.15, 0.2) is 36.7 Å². The number of imidazole rings is 1.